The minimum atomic E-state index is -0.229. The number of nitrogens with zero attached hydrogens (tertiary/aromatic N) is 3. The maximum atomic E-state index is 12.4. The van der Waals surface area contributed by atoms with E-state index in [4.69, 9.17) is 9.47 Å². The van der Waals surface area contributed by atoms with Crippen LogP contribution in [0.5, 0.6) is 11.5 Å². The van der Waals surface area contributed by atoms with Crippen molar-refractivity contribution < 1.29 is 14.3 Å². The quantitative estimate of drug-likeness (QED) is 0.587. The second-order valence-electron chi connectivity index (χ2n) is 5.99. The third-order valence-electron chi connectivity index (χ3n) is 4.10. The standard InChI is InChI=1S/C20H22N4O3S/c1-14(17-11-16(26-2)9-10-18(17)27-3)22-19(25)12-28-20-21-13-24(23-20)15-7-5-4-6-8-15/h4-11,13-14H,12H2,1-3H3,(H,22,25)/t14-/m1/s1. The number of ether oxygens (including phenoxy) is 2. The maximum Gasteiger partial charge on any atom is 0.230 e. The highest BCUT2D eigenvalue weighted by atomic mass is 32.2. The van der Waals surface area contributed by atoms with Crippen LogP contribution in [-0.2, 0) is 4.79 Å². The first-order valence-corrected chi connectivity index (χ1v) is 9.70. The largest absolute Gasteiger partial charge is 0.497 e. The number of thioether (sulfide) groups is 1. The van der Waals surface area contributed by atoms with E-state index >= 15 is 0 Å². The highest BCUT2D eigenvalue weighted by molar-refractivity contribution is 7.99. The normalized spacial score (nSPS) is 11.7. The van der Waals surface area contributed by atoms with Crippen molar-refractivity contribution in [2.75, 3.05) is 20.0 Å². The van der Waals surface area contributed by atoms with Gasteiger partial charge in [-0.05, 0) is 37.3 Å². The van der Waals surface area contributed by atoms with Crippen molar-refractivity contribution >= 4 is 17.7 Å². The Labute approximate surface area is 168 Å². The summed E-state index contributed by atoms with van der Waals surface area (Å²) < 4.78 is 12.3. The Kier molecular flexibility index (Phi) is 6.54. The monoisotopic (exact) mass is 398 g/mol. The molecular formula is C20H22N4O3S. The SMILES string of the molecule is COc1ccc(OC)c([C@@H](C)NC(=O)CSc2ncn(-c3ccccc3)n2)c1. The number of carbonyl (C=O) groups excluding carboxylic acids is 1. The van der Waals surface area contributed by atoms with Crippen LogP contribution in [0.25, 0.3) is 5.69 Å². The molecule has 0 spiro atoms. The molecule has 0 radical (unpaired) electrons. The molecule has 1 heterocycles. The van der Waals surface area contributed by atoms with Crippen LogP contribution in [0.4, 0.5) is 0 Å². The third kappa shape index (κ3) is 4.83. The van der Waals surface area contributed by atoms with E-state index in [1.807, 2.05) is 55.5 Å². The van der Waals surface area contributed by atoms with Crippen molar-refractivity contribution in [2.24, 2.45) is 0 Å². The molecule has 0 bridgehead atoms. The van der Waals surface area contributed by atoms with Crippen molar-refractivity contribution in [3.05, 3.63) is 60.4 Å². The van der Waals surface area contributed by atoms with Crippen LogP contribution < -0.4 is 14.8 Å². The Morgan fingerprint density at radius 1 is 1.18 bits per heavy atom. The van der Waals surface area contributed by atoms with Crippen molar-refractivity contribution in [1.82, 2.24) is 20.1 Å². The van der Waals surface area contributed by atoms with Gasteiger partial charge >= 0.3 is 0 Å². The number of hydrogen-bond donors (Lipinski definition) is 1. The number of carbonyl (C=O) groups is 1. The molecule has 8 heteroatoms. The molecule has 1 N–H and O–H groups in total. The molecule has 0 saturated heterocycles. The number of benzene rings is 2. The van der Waals surface area contributed by atoms with Gasteiger partial charge in [0.25, 0.3) is 0 Å². The summed E-state index contributed by atoms with van der Waals surface area (Å²) in [5.41, 5.74) is 1.77. The number of hydrogen-bond acceptors (Lipinski definition) is 6. The van der Waals surface area contributed by atoms with Crippen LogP contribution in [0.15, 0.2) is 60.0 Å². The molecule has 0 saturated carbocycles. The summed E-state index contributed by atoms with van der Waals surface area (Å²) in [6, 6.07) is 15.0. The molecule has 7 nitrogen and oxygen atoms in total. The molecule has 1 aromatic heterocycles. The molecule has 2 aromatic carbocycles. The maximum absolute atomic E-state index is 12.4. The molecule has 28 heavy (non-hydrogen) atoms. The molecule has 3 rings (SSSR count). The molecule has 3 aromatic rings. The molecule has 1 atom stereocenters. The van der Waals surface area contributed by atoms with Crippen molar-refractivity contribution in [1.29, 1.82) is 0 Å². The second-order valence-corrected chi connectivity index (χ2v) is 6.94. The molecule has 146 valence electrons. The lowest BCUT2D eigenvalue weighted by Crippen LogP contribution is -2.28. The molecular weight excluding hydrogens is 376 g/mol. The van der Waals surface area contributed by atoms with E-state index in [1.54, 1.807) is 25.2 Å². The fourth-order valence-corrected chi connectivity index (χ4v) is 3.30. The van der Waals surface area contributed by atoms with E-state index in [1.165, 1.54) is 11.8 Å². The predicted molar refractivity (Wildman–Crippen MR) is 108 cm³/mol. The van der Waals surface area contributed by atoms with Gasteiger partial charge in [0.05, 0.1) is 31.7 Å². The number of amides is 1. The van der Waals surface area contributed by atoms with Crippen LogP contribution in [0.1, 0.15) is 18.5 Å². The number of rotatable bonds is 8. The molecule has 0 fully saturated rings. The third-order valence-corrected chi connectivity index (χ3v) is 4.96. The smallest absolute Gasteiger partial charge is 0.230 e. The topological polar surface area (TPSA) is 78.3 Å². The van der Waals surface area contributed by atoms with Gasteiger partial charge in [-0.1, -0.05) is 30.0 Å². The van der Waals surface area contributed by atoms with Crippen LogP contribution in [-0.4, -0.2) is 40.6 Å². The molecule has 0 aliphatic carbocycles. The van der Waals surface area contributed by atoms with Gasteiger partial charge in [-0.2, -0.15) is 0 Å². The van der Waals surface area contributed by atoms with Crippen molar-refractivity contribution in [3.63, 3.8) is 0 Å². The van der Waals surface area contributed by atoms with E-state index in [-0.39, 0.29) is 17.7 Å². The van der Waals surface area contributed by atoms with Gasteiger partial charge in [0.15, 0.2) is 0 Å². The average Bonchev–Trinajstić information content (AvgIpc) is 3.21. The lowest BCUT2D eigenvalue weighted by Gasteiger charge is -2.18. The molecule has 0 aliphatic rings. The zero-order chi connectivity index (χ0) is 19.9. The Balaban J connectivity index is 1.58. The Bertz CT molecular complexity index is 930. The van der Waals surface area contributed by atoms with E-state index < -0.39 is 0 Å². The molecule has 1 amide bonds. The summed E-state index contributed by atoms with van der Waals surface area (Å²) in [7, 11) is 3.21. The minimum Gasteiger partial charge on any atom is -0.497 e. The fourth-order valence-electron chi connectivity index (χ4n) is 2.69. The second kappa shape index (κ2) is 9.27. The highest BCUT2D eigenvalue weighted by Crippen LogP contribution is 2.29. The summed E-state index contributed by atoms with van der Waals surface area (Å²) in [6.45, 7) is 1.90. The summed E-state index contributed by atoms with van der Waals surface area (Å²) in [5, 5.41) is 7.91. The number of para-hydroxylation sites is 1. The van der Waals surface area contributed by atoms with Gasteiger partial charge in [0, 0.05) is 5.56 Å². The van der Waals surface area contributed by atoms with Crippen LogP contribution in [0, 0.1) is 0 Å². The van der Waals surface area contributed by atoms with Crippen molar-refractivity contribution in [3.8, 4) is 17.2 Å². The van der Waals surface area contributed by atoms with E-state index in [0.717, 1.165) is 11.3 Å². The first-order chi connectivity index (χ1) is 13.6. The zero-order valence-corrected chi connectivity index (χ0v) is 16.8. The first kappa shape index (κ1) is 19.8. The summed E-state index contributed by atoms with van der Waals surface area (Å²) >= 11 is 1.29. The fraction of sp³-hybridized carbons (Fsp3) is 0.250. The molecule has 0 unspecified atom stereocenters. The lowest BCUT2D eigenvalue weighted by molar-refractivity contribution is -0.119. The van der Waals surface area contributed by atoms with Gasteiger partial charge in [-0.15, -0.1) is 5.10 Å². The van der Waals surface area contributed by atoms with Gasteiger partial charge in [0.1, 0.15) is 17.8 Å². The lowest BCUT2D eigenvalue weighted by atomic mass is 10.1. The number of methoxy groups -OCH3 is 2. The summed E-state index contributed by atoms with van der Waals surface area (Å²) in [4.78, 5) is 16.6. The van der Waals surface area contributed by atoms with Crippen molar-refractivity contribution in [2.45, 2.75) is 18.1 Å². The highest BCUT2D eigenvalue weighted by Gasteiger charge is 2.16. The Hall–Kier alpha value is -3.00. The van der Waals surface area contributed by atoms with E-state index in [0.29, 0.717) is 16.7 Å². The average molecular weight is 398 g/mol. The summed E-state index contributed by atoms with van der Waals surface area (Å²) in [5.74, 6) is 1.51. The van der Waals surface area contributed by atoms with E-state index in [9.17, 15) is 4.79 Å². The van der Waals surface area contributed by atoms with Gasteiger partial charge < -0.3 is 14.8 Å². The number of aromatic nitrogens is 3. The zero-order valence-electron chi connectivity index (χ0n) is 16.0. The van der Waals surface area contributed by atoms with Gasteiger partial charge in [-0.25, -0.2) is 9.67 Å². The van der Waals surface area contributed by atoms with Crippen LogP contribution >= 0.6 is 11.8 Å². The predicted octanol–water partition coefficient (Wildman–Crippen LogP) is 3.25. The summed E-state index contributed by atoms with van der Waals surface area (Å²) in [6.07, 6.45) is 1.64. The number of nitrogens with one attached hydrogen (secondary N) is 1. The Morgan fingerprint density at radius 2 is 1.96 bits per heavy atom. The van der Waals surface area contributed by atoms with Crippen LogP contribution in [0.2, 0.25) is 0 Å². The molecule has 0 aliphatic heterocycles. The van der Waals surface area contributed by atoms with Crippen LogP contribution in [0.3, 0.4) is 0 Å². The van der Waals surface area contributed by atoms with Gasteiger partial charge in [0.2, 0.25) is 11.1 Å². The van der Waals surface area contributed by atoms with E-state index in [2.05, 4.69) is 15.4 Å². The Morgan fingerprint density at radius 3 is 2.68 bits per heavy atom. The van der Waals surface area contributed by atoms with Gasteiger partial charge in [-0.3, -0.25) is 4.79 Å². The first-order valence-electron chi connectivity index (χ1n) is 8.72. The minimum absolute atomic E-state index is 0.113.